The number of allylic oxidation sites excluding steroid dienone is 2. The molecule has 2 aliphatic rings. The molecule has 3 atom stereocenters. The second kappa shape index (κ2) is 7.92. The molecule has 0 aliphatic heterocycles. The lowest BCUT2D eigenvalue weighted by Crippen LogP contribution is -2.46. The number of pyridine rings is 1. The summed E-state index contributed by atoms with van der Waals surface area (Å²) in [5.41, 5.74) is 5.72. The number of ketones is 1. The van der Waals surface area contributed by atoms with Crippen molar-refractivity contribution in [2.75, 3.05) is 0 Å². The first kappa shape index (κ1) is 22.3. The van der Waals surface area contributed by atoms with E-state index in [1.807, 2.05) is 57.2 Å². The maximum Gasteiger partial charge on any atom is 0.176 e. The van der Waals surface area contributed by atoms with Crippen molar-refractivity contribution in [1.29, 1.82) is 5.26 Å². The number of carbonyl (C=O) groups is 1. The fourth-order valence-corrected chi connectivity index (χ4v) is 6.21. The fourth-order valence-electron chi connectivity index (χ4n) is 6.21. The normalized spacial score (nSPS) is 23.1. The van der Waals surface area contributed by atoms with Crippen LogP contribution < -0.4 is 0 Å². The Morgan fingerprint density at radius 2 is 1.97 bits per heavy atom. The molecule has 4 aromatic rings. The van der Waals surface area contributed by atoms with Gasteiger partial charge in [0.2, 0.25) is 0 Å². The number of hydrogen-bond acceptors (Lipinski definition) is 7. The van der Waals surface area contributed by atoms with Crippen molar-refractivity contribution in [1.82, 2.24) is 20.1 Å². The Bertz CT molecular complexity index is 1620. The Labute approximate surface area is 208 Å². The number of benzene rings is 1. The molecule has 3 aromatic heterocycles. The van der Waals surface area contributed by atoms with E-state index in [0.29, 0.717) is 11.6 Å². The van der Waals surface area contributed by atoms with Gasteiger partial charge in [-0.05, 0) is 44.7 Å². The zero-order chi connectivity index (χ0) is 25.2. The first-order valence-corrected chi connectivity index (χ1v) is 12.2. The third kappa shape index (κ3) is 3.07. The molecule has 7 heteroatoms. The van der Waals surface area contributed by atoms with E-state index in [-0.39, 0.29) is 23.2 Å². The second-order valence-corrected chi connectivity index (χ2v) is 10.0. The van der Waals surface area contributed by atoms with Gasteiger partial charge in [0, 0.05) is 34.0 Å². The molecule has 7 nitrogen and oxygen atoms in total. The highest BCUT2D eigenvalue weighted by molar-refractivity contribution is 6.02. The topological polar surface area (TPSA) is 106 Å². The second-order valence-electron chi connectivity index (χ2n) is 10.0. The summed E-state index contributed by atoms with van der Waals surface area (Å²) >= 11 is 0. The van der Waals surface area contributed by atoms with Gasteiger partial charge < -0.3 is 4.52 Å². The van der Waals surface area contributed by atoms with E-state index in [9.17, 15) is 10.1 Å². The maximum atomic E-state index is 12.9. The number of aryl methyl sites for hydroxylation is 2. The number of carbonyl (C=O) groups excluding carboxylic acids is 1. The molecule has 0 bridgehead atoms. The number of para-hydroxylation sites is 1. The van der Waals surface area contributed by atoms with Gasteiger partial charge in [-0.25, -0.2) is 9.97 Å². The number of fused-ring (bicyclic) bond motifs is 4. The molecular weight excluding hydrogens is 450 g/mol. The first-order valence-electron chi connectivity index (χ1n) is 12.2. The number of rotatable bonds is 2. The molecule has 178 valence electrons. The number of nitriles is 1. The molecule has 0 spiro atoms. The SMILES string of the molecule is Cc1noc(C)c1-c1nc(-c2ccnc3ccccc23)nc2c1CC[C@@H]1[C@@H](C)C(=O)C(C#N)=C[C@@]21C. The van der Waals surface area contributed by atoms with Crippen LogP contribution in [0.25, 0.3) is 33.5 Å². The highest BCUT2D eigenvalue weighted by Crippen LogP contribution is 2.51. The molecule has 0 N–H and O–H groups in total. The van der Waals surface area contributed by atoms with Crippen molar-refractivity contribution in [2.45, 2.75) is 46.0 Å². The van der Waals surface area contributed by atoms with E-state index in [1.165, 1.54) is 0 Å². The molecule has 0 saturated heterocycles. The average molecular weight is 476 g/mol. The molecule has 0 amide bonds. The molecule has 0 fully saturated rings. The summed E-state index contributed by atoms with van der Waals surface area (Å²) in [4.78, 5) is 27.7. The lowest BCUT2D eigenvalue weighted by Gasteiger charge is -2.45. The van der Waals surface area contributed by atoms with E-state index in [1.54, 1.807) is 6.20 Å². The Morgan fingerprint density at radius 1 is 1.17 bits per heavy atom. The van der Waals surface area contributed by atoms with E-state index in [0.717, 1.165) is 57.5 Å². The van der Waals surface area contributed by atoms with Gasteiger partial charge in [0.15, 0.2) is 11.6 Å². The van der Waals surface area contributed by atoms with Crippen molar-refractivity contribution in [3.8, 4) is 28.7 Å². The molecule has 1 aromatic carbocycles. The van der Waals surface area contributed by atoms with Gasteiger partial charge in [-0.3, -0.25) is 9.78 Å². The third-order valence-electron chi connectivity index (χ3n) is 8.00. The van der Waals surface area contributed by atoms with Crippen LogP contribution >= 0.6 is 0 Å². The summed E-state index contributed by atoms with van der Waals surface area (Å²) in [5, 5.41) is 14.9. The highest BCUT2D eigenvalue weighted by atomic mass is 16.5. The maximum absolute atomic E-state index is 12.9. The molecule has 0 radical (unpaired) electrons. The minimum Gasteiger partial charge on any atom is -0.361 e. The molecule has 0 unspecified atom stereocenters. The molecule has 3 heterocycles. The summed E-state index contributed by atoms with van der Waals surface area (Å²) in [5.74, 6) is 0.991. The highest BCUT2D eigenvalue weighted by Gasteiger charge is 2.50. The lowest BCUT2D eigenvalue weighted by atomic mass is 9.57. The number of nitrogens with zero attached hydrogens (tertiary/aromatic N) is 5. The average Bonchev–Trinajstić information content (AvgIpc) is 3.22. The quantitative estimate of drug-likeness (QED) is 0.379. The number of hydrogen-bond donors (Lipinski definition) is 0. The van der Waals surface area contributed by atoms with Crippen LogP contribution in [0, 0.1) is 37.0 Å². The van der Waals surface area contributed by atoms with Crippen molar-refractivity contribution < 1.29 is 9.32 Å². The zero-order valence-corrected chi connectivity index (χ0v) is 20.7. The molecule has 0 saturated carbocycles. The van der Waals surface area contributed by atoms with Gasteiger partial charge in [-0.1, -0.05) is 43.3 Å². The monoisotopic (exact) mass is 475 g/mol. The van der Waals surface area contributed by atoms with Crippen molar-refractivity contribution in [3.05, 3.63) is 70.9 Å². The molecule has 2 aliphatic carbocycles. The molecule has 6 rings (SSSR count). The van der Waals surface area contributed by atoms with Crippen LogP contribution in [0.4, 0.5) is 0 Å². The van der Waals surface area contributed by atoms with Crippen LogP contribution in [0.2, 0.25) is 0 Å². The van der Waals surface area contributed by atoms with Crippen LogP contribution in [0.1, 0.15) is 43.0 Å². The largest absolute Gasteiger partial charge is 0.361 e. The Kier molecular flexibility index (Phi) is 4.91. The standard InChI is InChI=1S/C29H25N5O2/c1-15-22-10-9-21-25(24-16(2)34-36-17(24)3)32-28(20-11-12-31-23-8-6-5-7-19(20)23)33-27(21)29(22,4)13-18(14-30)26(15)35/h5-8,11-13,15,22H,9-10H2,1-4H3/t15-,22-,29-/m1/s1. The van der Waals surface area contributed by atoms with Gasteiger partial charge >= 0.3 is 0 Å². The number of aromatic nitrogens is 4. The van der Waals surface area contributed by atoms with Crippen molar-refractivity contribution in [2.24, 2.45) is 11.8 Å². The summed E-state index contributed by atoms with van der Waals surface area (Å²) in [6, 6.07) is 12.0. The first-order chi connectivity index (χ1) is 17.3. The van der Waals surface area contributed by atoms with Crippen LogP contribution in [-0.2, 0) is 16.6 Å². The predicted molar refractivity (Wildman–Crippen MR) is 135 cm³/mol. The summed E-state index contributed by atoms with van der Waals surface area (Å²) in [7, 11) is 0. The van der Waals surface area contributed by atoms with E-state index in [4.69, 9.17) is 14.5 Å². The molecular formula is C29H25N5O2. The van der Waals surface area contributed by atoms with Gasteiger partial charge in [0.1, 0.15) is 11.8 Å². The smallest absolute Gasteiger partial charge is 0.176 e. The lowest BCUT2D eigenvalue weighted by molar-refractivity contribution is -0.121. The van der Waals surface area contributed by atoms with Gasteiger partial charge in [0.05, 0.1) is 33.7 Å². The molecule has 36 heavy (non-hydrogen) atoms. The van der Waals surface area contributed by atoms with Gasteiger partial charge in [-0.2, -0.15) is 5.26 Å². The van der Waals surface area contributed by atoms with Gasteiger partial charge in [0.25, 0.3) is 0 Å². The summed E-state index contributed by atoms with van der Waals surface area (Å²) in [6.07, 6.45) is 5.16. The Morgan fingerprint density at radius 3 is 2.72 bits per heavy atom. The fraction of sp³-hybridized carbons (Fsp3) is 0.310. The predicted octanol–water partition coefficient (Wildman–Crippen LogP) is 5.45. The van der Waals surface area contributed by atoms with Crippen LogP contribution in [0.3, 0.4) is 0 Å². The van der Waals surface area contributed by atoms with E-state index < -0.39 is 5.41 Å². The van der Waals surface area contributed by atoms with E-state index >= 15 is 0 Å². The minimum atomic E-state index is -0.583. The zero-order valence-electron chi connectivity index (χ0n) is 20.7. The summed E-state index contributed by atoms with van der Waals surface area (Å²) in [6.45, 7) is 7.86. The van der Waals surface area contributed by atoms with Gasteiger partial charge in [-0.15, -0.1) is 0 Å². The van der Waals surface area contributed by atoms with Crippen molar-refractivity contribution in [3.63, 3.8) is 0 Å². The Balaban J connectivity index is 1.71. The summed E-state index contributed by atoms with van der Waals surface area (Å²) < 4.78 is 5.53. The minimum absolute atomic E-state index is 0.0454. The van der Waals surface area contributed by atoms with Crippen LogP contribution in [-0.4, -0.2) is 25.9 Å². The van der Waals surface area contributed by atoms with Crippen LogP contribution in [0.15, 0.2) is 52.7 Å². The van der Waals surface area contributed by atoms with Crippen LogP contribution in [0.5, 0.6) is 0 Å². The third-order valence-corrected chi connectivity index (χ3v) is 8.00. The van der Waals surface area contributed by atoms with E-state index in [2.05, 4.69) is 23.1 Å². The van der Waals surface area contributed by atoms with Crippen molar-refractivity contribution >= 4 is 16.7 Å². The number of Topliss-reactive ketones (excluding diaryl/α,β-unsaturated/α-hetero) is 1. The Hall–Kier alpha value is -4.18.